The highest BCUT2D eigenvalue weighted by molar-refractivity contribution is 5.30. The Morgan fingerprint density at radius 2 is 1.76 bits per heavy atom. The molecule has 0 amide bonds. The minimum atomic E-state index is -4.35. The highest BCUT2D eigenvalue weighted by atomic mass is 19.4. The number of halogens is 3. The van der Waals surface area contributed by atoms with Gasteiger partial charge in [0.05, 0.1) is 11.6 Å². The van der Waals surface area contributed by atoms with Gasteiger partial charge in [0.1, 0.15) is 0 Å². The summed E-state index contributed by atoms with van der Waals surface area (Å²) in [6.07, 6.45) is -2.82. The number of rotatable bonds is 6. The number of hydrogen-bond acceptors (Lipinski definition) is 3. The second kappa shape index (κ2) is 6.77. The van der Waals surface area contributed by atoms with Crippen molar-refractivity contribution in [2.45, 2.75) is 44.4 Å². The summed E-state index contributed by atoms with van der Waals surface area (Å²) in [5.74, 6) is 5.68. The molecule has 0 aromatic heterocycles. The van der Waals surface area contributed by atoms with E-state index in [2.05, 4.69) is 5.43 Å². The van der Waals surface area contributed by atoms with Crippen LogP contribution in [0.2, 0.25) is 0 Å². The molecule has 120 valence electrons. The lowest BCUT2D eigenvalue weighted by molar-refractivity contribution is -0.137. The maximum atomic E-state index is 12.9. The molecule has 0 heterocycles. The molecule has 0 fully saturated rings. The van der Waals surface area contributed by atoms with Crippen molar-refractivity contribution in [3.63, 3.8) is 0 Å². The lowest BCUT2D eigenvalue weighted by Crippen LogP contribution is -2.54. The highest BCUT2D eigenvalue weighted by Crippen LogP contribution is 2.37. The molecular weight excluding hydrogens is 279 g/mol. The van der Waals surface area contributed by atoms with Crippen LogP contribution in [-0.2, 0) is 6.18 Å². The van der Waals surface area contributed by atoms with Crippen molar-refractivity contribution in [3.8, 4) is 0 Å². The summed E-state index contributed by atoms with van der Waals surface area (Å²) >= 11 is 0. The Kier molecular flexibility index (Phi) is 5.78. The number of alkyl halides is 3. The number of nitrogens with two attached hydrogens (primary N) is 1. The van der Waals surface area contributed by atoms with E-state index in [1.165, 1.54) is 12.1 Å². The molecular formula is C15H24F3N3. The molecule has 0 spiro atoms. The van der Waals surface area contributed by atoms with Gasteiger partial charge in [-0.2, -0.15) is 13.2 Å². The lowest BCUT2D eigenvalue weighted by Gasteiger charge is -2.45. The molecule has 1 rings (SSSR count). The van der Waals surface area contributed by atoms with E-state index in [0.29, 0.717) is 5.56 Å². The fourth-order valence-electron chi connectivity index (χ4n) is 3.01. The molecule has 3 nitrogen and oxygen atoms in total. The van der Waals surface area contributed by atoms with Gasteiger partial charge in [0.25, 0.3) is 0 Å². The van der Waals surface area contributed by atoms with E-state index in [9.17, 15) is 13.2 Å². The molecule has 1 aromatic rings. The monoisotopic (exact) mass is 303 g/mol. The quantitative estimate of drug-likeness (QED) is 0.625. The smallest absolute Gasteiger partial charge is 0.302 e. The van der Waals surface area contributed by atoms with E-state index < -0.39 is 11.7 Å². The number of nitrogens with one attached hydrogen (secondary N) is 1. The molecule has 0 aliphatic carbocycles. The second-order valence-electron chi connectivity index (χ2n) is 5.43. The Bertz CT molecular complexity index is 454. The molecule has 0 radical (unpaired) electrons. The largest absolute Gasteiger partial charge is 0.416 e. The predicted molar refractivity (Wildman–Crippen MR) is 78.5 cm³/mol. The van der Waals surface area contributed by atoms with Gasteiger partial charge < -0.3 is 4.90 Å². The van der Waals surface area contributed by atoms with Gasteiger partial charge >= 0.3 is 6.18 Å². The van der Waals surface area contributed by atoms with Gasteiger partial charge in [-0.15, -0.1) is 0 Å². The third-order valence-corrected chi connectivity index (χ3v) is 4.37. The Labute approximate surface area is 124 Å². The maximum absolute atomic E-state index is 12.9. The maximum Gasteiger partial charge on any atom is 0.416 e. The molecule has 0 saturated carbocycles. The minimum absolute atomic E-state index is 0.348. The molecule has 0 aliphatic heterocycles. The average molecular weight is 303 g/mol. The Morgan fingerprint density at radius 1 is 1.19 bits per heavy atom. The van der Waals surface area contributed by atoms with Crippen LogP contribution < -0.4 is 11.3 Å². The van der Waals surface area contributed by atoms with Crippen molar-refractivity contribution in [1.82, 2.24) is 10.3 Å². The molecule has 3 N–H and O–H groups in total. The van der Waals surface area contributed by atoms with E-state index in [1.54, 1.807) is 6.07 Å². The van der Waals surface area contributed by atoms with Gasteiger partial charge in [-0.1, -0.05) is 26.0 Å². The number of benzene rings is 1. The van der Waals surface area contributed by atoms with Crippen LogP contribution in [0.15, 0.2) is 24.3 Å². The van der Waals surface area contributed by atoms with E-state index in [4.69, 9.17) is 5.84 Å². The Balaban J connectivity index is 3.33. The van der Waals surface area contributed by atoms with E-state index in [-0.39, 0.29) is 11.6 Å². The van der Waals surface area contributed by atoms with Gasteiger partial charge in [-0.25, -0.2) is 0 Å². The van der Waals surface area contributed by atoms with Crippen molar-refractivity contribution in [1.29, 1.82) is 0 Å². The first-order valence-corrected chi connectivity index (χ1v) is 7.03. The first kappa shape index (κ1) is 17.9. The van der Waals surface area contributed by atoms with E-state index in [0.717, 1.165) is 18.9 Å². The SMILES string of the molecule is CCC(CC)(C(NN)c1cccc(C(F)(F)F)c1)N(C)C. The molecule has 1 atom stereocenters. The zero-order valence-corrected chi connectivity index (χ0v) is 13.0. The molecule has 1 unspecified atom stereocenters. The summed E-state index contributed by atoms with van der Waals surface area (Å²) in [5, 5.41) is 0. The van der Waals surface area contributed by atoms with Crippen LogP contribution in [0.1, 0.15) is 43.9 Å². The van der Waals surface area contributed by atoms with Crippen molar-refractivity contribution in [2.75, 3.05) is 14.1 Å². The van der Waals surface area contributed by atoms with Crippen LogP contribution in [0, 0.1) is 0 Å². The summed E-state index contributed by atoms with van der Waals surface area (Å²) in [7, 11) is 3.84. The standard InChI is InChI=1S/C15H24F3N3/c1-5-14(6-2,21(3)4)13(20-19)11-8-7-9-12(10-11)15(16,17)18/h7-10,13,20H,5-6,19H2,1-4H3. The highest BCUT2D eigenvalue weighted by Gasteiger charge is 2.39. The van der Waals surface area contributed by atoms with Crippen LogP contribution in [0.3, 0.4) is 0 Å². The van der Waals surface area contributed by atoms with Crippen molar-refractivity contribution < 1.29 is 13.2 Å². The van der Waals surface area contributed by atoms with Gasteiger partial charge in [0.15, 0.2) is 0 Å². The zero-order valence-electron chi connectivity index (χ0n) is 13.0. The van der Waals surface area contributed by atoms with E-state index in [1.807, 2.05) is 32.8 Å². The molecule has 0 saturated heterocycles. The summed E-state index contributed by atoms with van der Waals surface area (Å²) in [5.41, 5.74) is 2.26. The predicted octanol–water partition coefficient (Wildman–Crippen LogP) is 3.33. The van der Waals surface area contributed by atoms with Crippen molar-refractivity contribution >= 4 is 0 Å². The molecule has 0 aliphatic rings. The fourth-order valence-corrected chi connectivity index (χ4v) is 3.01. The van der Waals surface area contributed by atoms with Crippen LogP contribution in [0.5, 0.6) is 0 Å². The van der Waals surface area contributed by atoms with Gasteiger partial charge in [0, 0.05) is 5.54 Å². The third kappa shape index (κ3) is 3.56. The van der Waals surface area contributed by atoms with Gasteiger partial charge in [-0.3, -0.25) is 11.3 Å². The zero-order chi connectivity index (χ0) is 16.3. The number of hydrazine groups is 1. The van der Waals surface area contributed by atoms with Crippen molar-refractivity contribution in [3.05, 3.63) is 35.4 Å². The normalized spacial score (nSPS) is 14.5. The van der Waals surface area contributed by atoms with Gasteiger partial charge in [0.2, 0.25) is 0 Å². The Hall–Kier alpha value is -1.11. The summed E-state index contributed by atoms with van der Waals surface area (Å²) in [6.45, 7) is 4.03. The number of likely N-dealkylation sites (N-methyl/N-ethyl adjacent to an activating group) is 1. The van der Waals surface area contributed by atoms with Crippen LogP contribution in [0.4, 0.5) is 13.2 Å². The first-order valence-electron chi connectivity index (χ1n) is 7.03. The summed E-state index contributed by atoms with van der Waals surface area (Å²) in [6, 6.07) is 4.97. The minimum Gasteiger partial charge on any atom is -0.302 e. The Morgan fingerprint density at radius 3 is 2.14 bits per heavy atom. The summed E-state index contributed by atoms with van der Waals surface area (Å²) < 4.78 is 38.7. The molecule has 1 aromatic carbocycles. The van der Waals surface area contributed by atoms with Crippen LogP contribution in [0.25, 0.3) is 0 Å². The molecule has 6 heteroatoms. The van der Waals surface area contributed by atoms with Crippen LogP contribution >= 0.6 is 0 Å². The molecule has 21 heavy (non-hydrogen) atoms. The number of nitrogens with zero attached hydrogens (tertiary/aromatic N) is 1. The fraction of sp³-hybridized carbons (Fsp3) is 0.600. The topological polar surface area (TPSA) is 41.3 Å². The lowest BCUT2D eigenvalue weighted by atomic mass is 9.79. The summed E-state index contributed by atoms with van der Waals surface area (Å²) in [4.78, 5) is 2.03. The average Bonchev–Trinajstić information content (AvgIpc) is 2.43. The van der Waals surface area contributed by atoms with Gasteiger partial charge in [-0.05, 0) is 44.6 Å². The third-order valence-electron chi connectivity index (χ3n) is 4.37. The number of hydrogen-bond donors (Lipinski definition) is 2. The second-order valence-corrected chi connectivity index (χ2v) is 5.43. The van der Waals surface area contributed by atoms with Crippen LogP contribution in [-0.4, -0.2) is 24.5 Å². The first-order chi connectivity index (χ1) is 9.72. The molecule has 0 bridgehead atoms. The van der Waals surface area contributed by atoms with E-state index >= 15 is 0 Å². The van der Waals surface area contributed by atoms with Crippen molar-refractivity contribution in [2.24, 2.45) is 5.84 Å².